The van der Waals surface area contributed by atoms with E-state index in [1.165, 1.54) is 0 Å². The lowest BCUT2D eigenvalue weighted by atomic mass is 10.1. The van der Waals surface area contributed by atoms with Gasteiger partial charge in [-0.25, -0.2) is 4.98 Å². The number of piperazine rings is 1. The van der Waals surface area contributed by atoms with Gasteiger partial charge in [-0.05, 0) is 32.4 Å². The van der Waals surface area contributed by atoms with Crippen molar-refractivity contribution in [3.8, 4) is 0 Å². The Hall–Kier alpha value is -2.37. The summed E-state index contributed by atoms with van der Waals surface area (Å²) >= 11 is 0. The minimum Gasteiger partial charge on any atom is -0.352 e. The fourth-order valence-electron chi connectivity index (χ4n) is 3.40. The van der Waals surface area contributed by atoms with Crippen LogP contribution in [0.4, 0.5) is 5.82 Å². The topological polar surface area (TPSA) is 54.3 Å². The van der Waals surface area contributed by atoms with E-state index in [-0.39, 0.29) is 11.9 Å². The van der Waals surface area contributed by atoms with Crippen LogP contribution in [0.2, 0.25) is 0 Å². The van der Waals surface area contributed by atoms with Crippen LogP contribution in [0.15, 0.2) is 30.7 Å². The van der Waals surface area contributed by atoms with Crippen LogP contribution in [0.1, 0.15) is 37.2 Å². The van der Waals surface area contributed by atoms with Crippen LogP contribution in [-0.4, -0.2) is 51.5 Å². The molecule has 3 rings (SSSR count). The lowest BCUT2D eigenvalue weighted by Gasteiger charge is -2.37. The smallest absolute Gasteiger partial charge is 0.245 e. The van der Waals surface area contributed by atoms with Crippen LogP contribution in [0.5, 0.6) is 0 Å². The third-order valence-electron chi connectivity index (χ3n) is 4.78. The van der Waals surface area contributed by atoms with E-state index in [2.05, 4.69) is 21.8 Å². The number of aromatic nitrogens is 3. The van der Waals surface area contributed by atoms with E-state index < -0.39 is 0 Å². The van der Waals surface area contributed by atoms with Crippen molar-refractivity contribution in [2.75, 3.05) is 31.1 Å². The molecule has 2 aromatic heterocycles. The molecule has 2 aromatic rings. The van der Waals surface area contributed by atoms with Gasteiger partial charge >= 0.3 is 0 Å². The van der Waals surface area contributed by atoms with Crippen molar-refractivity contribution in [2.45, 2.75) is 39.7 Å². The zero-order chi connectivity index (χ0) is 17.8. The predicted octanol–water partition coefficient (Wildman–Crippen LogP) is 2.58. The zero-order valence-electron chi connectivity index (χ0n) is 15.4. The Morgan fingerprint density at radius 1 is 1.16 bits per heavy atom. The highest BCUT2D eigenvalue weighted by Crippen LogP contribution is 2.21. The fraction of sp³-hybridized carbons (Fsp3) is 0.526. The number of amides is 1. The van der Waals surface area contributed by atoms with Gasteiger partial charge in [0.15, 0.2) is 0 Å². The van der Waals surface area contributed by atoms with Gasteiger partial charge in [-0.15, -0.1) is 0 Å². The number of hydrogen-bond acceptors (Lipinski definition) is 4. The number of hydrogen-bond donors (Lipinski definition) is 0. The predicted molar refractivity (Wildman–Crippen MR) is 98.7 cm³/mol. The first kappa shape index (κ1) is 17.5. The summed E-state index contributed by atoms with van der Waals surface area (Å²) in [7, 11) is 0. The average Bonchev–Trinajstić information content (AvgIpc) is 3.15. The minimum atomic E-state index is -0.0907. The number of rotatable bonds is 5. The second-order valence-electron chi connectivity index (χ2n) is 6.67. The first-order valence-corrected chi connectivity index (χ1v) is 9.06. The standard InChI is InChI=1S/C19H27N5O/c1-4-7-17(22-8-5-6-9-22)19(25)24-12-10-23(11-13-24)18-16(3)20-14-15(2)21-18/h5-6,8-9,14,17H,4,7,10-13H2,1-3H3/t17-/m1/s1. The Morgan fingerprint density at radius 2 is 1.84 bits per heavy atom. The van der Waals surface area contributed by atoms with Crippen LogP contribution < -0.4 is 4.90 Å². The molecule has 0 aliphatic carbocycles. The molecule has 1 saturated heterocycles. The van der Waals surface area contributed by atoms with Gasteiger partial charge in [0.05, 0.1) is 11.4 Å². The molecule has 6 nitrogen and oxygen atoms in total. The van der Waals surface area contributed by atoms with Crippen molar-refractivity contribution < 1.29 is 4.79 Å². The maximum absolute atomic E-state index is 13.0. The highest BCUT2D eigenvalue weighted by molar-refractivity contribution is 5.80. The van der Waals surface area contributed by atoms with E-state index in [4.69, 9.17) is 0 Å². The van der Waals surface area contributed by atoms with E-state index in [9.17, 15) is 4.79 Å². The lowest BCUT2D eigenvalue weighted by Crippen LogP contribution is -2.51. The van der Waals surface area contributed by atoms with E-state index in [0.29, 0.717) is 0 Å². The molecule has 0 N–H and O–H groups in total. The van der Waals surface area contributed by atoms with E-state index in [1.54, 1.807) is 6.20 Å². The minimum absolute atomic E-state index is 0.0907. The molecule has 0 unspecified atom stereocenters. The van der Waals surface area contributed by atoms with Gasteiger partial charge in [-0.3, -0.25) is 9.78 Å². The molecular weight excluding hydrogens is 314 g/mol. The Balaban J connectivity index is 1.67. The molecule has 1 fully saturated rings. The highest BCUT2D eigenvalue weighted by Gasteiger charge is 2.28. The zero-order valence-corrected chi connectivity index (χ0v) is 15.4. The van der Waals surface area contributed by atoms with Crippen molar-refractivity contribution in [2.24, 2.45) is 0 Å². The Kier molecular flexibility index (Phi) is 5.36. The SMILES string of the molecule is CCC[C@H](C(=O)N1CCN(c2nc(C)cnc2C)CC1)n1cccc1. The van der Waals surface area contributed by atoms with Gasteiger partial charge in [0.25, 0.3) is 0 Å². The van der Waals surface area contributed by atoms with E-state index in [0.717, 1.165) is 56.2 Å². The number of aryl methyl sites for hydroxylation is 2. The summed E-state index contributed by atoms with van der Waals surface area (Å²) in [6.07, 6.45) is 7.63. The number of nitrogens with zero attached hydrogens (tertiary/aromatic N) is 5. The highest BCUT2D eigenvalue weighted by atomic mass is 16.2. The molecule has 6 heteroatoms. The second kappa shape index (κ2) is 7.68. The first-order chi connectivity index (χ1) is 12.1. The van der Waals surface area contributed by atoms with Crippen molar-refractivity contribution >= 4 is 11.7 Å². The van der Waals surface area contributed by atoms with Crippen molar-refractivity contribution in [1.29, 1.82) is 0 Å². The summed E-state index contributed by atoms with van der Waals surface area (Å²) in [5.41, 5.74) is 1.87. The van der Waals surface area contributed by atoms with Crippen LogP contribution in [0.3, 0.4) is 0 Å². The maximum Gasteiger partial charge on any atom is 0.245 e. The molecule has 0 bridgehead atoms. The number of carbonyl (C=O) groups is 1. The maximum atomic E-state index is 13.0. The third-order valence-corrected chi connectivity index (χ3v) is 4.78. The van der Waals surface area contributed by atoms with E-state index >= 15 is 0 Å². The molecule has 1 aliphatic rings. The summed E-state index contributed by atoms with van der Waals surface area (Å²) in [5.74, 6) is 1.17. The van der Waals surface area contributed by atoms with Gasteiger partial charge in [-0.1, -0.05) is 13.3 Å². The number of carbonyl (C=O) groups excluding carboxylic acids is 1. The van der Waals surface area contributed by atoms with Crippen molar-refractivity contribution in [1.82, 2.24) is 19.4 Å². The molecule has 0 spiro atoms. The fourth-order valence-corrected chi connectivity index (χ4v) is 3.40. The van der Waals surface area contributed by atoms with Gasteiger partial charge in [-0.2, -0.15) is 0 Å². The second-order valence-corrected chi connectivity index (χ2v) is 6.67. The van der Waals surface area contributed by atoms with Gasteiger partial charge in [0.1, 0.15) is 11.9 Å². The monoisotopic (exact) mass is 341 g/mol. The summed E-state index contributed by atoms with van der Waals surface area (Å²) < 4.78 is 2.04. The van der Waals surface area contributed by atoms with Crippen molar-refractivity contribution in [3.63, 3.8) is 0 Å². The van der Waals surface area contributed by atoms with Crippen LogP contribution in [0.25, 0.3) is 0 Å². The molecule has 1 amide bonds. The first-order valence-electron chi connectivity index (χ1n) is 9.06. The summed E-state index contributed by atoms with van der Waals surface area (Å²) in [5, 5.41) is 0. The van der Waals surface area contributed by atoms with Crippen LogP contribution in [0, 0.1) is 13.8 Å². The quantitative estimate of drug-likeness (QED) is 0.839. The Labute approximate surface area is 149 Å². The summed E-state index contributed by atoms with van der Waals surface area (Å²) in [4.78, 5) is 26.3. The van der Waals surface area contributed by atoms with Crippen LogP contribution >= 0.6 is 0 Å². The molecule has 3 heterocycles. The van der Waals surface area contributed by atoms with Crippen molar-refractivity contribution in [3.05, 3.63) is 42.1 Å². The Morgan fingerprint density at radius 3 is 2.48 bits per heavy atom. The van der Waals surface area contributed by atoms with Crippen LogP contribution in [-0.2, 0) is 4.79 Å². The summed E-state index contributed by atoms with van der Waals surface area (Å²) in [6, 6.07) is 3.87. The molecular formula is C19H27N5O. The average molecular weight is 341 g/mol. The molecule has 25 heavy (non-hydrogen) atoms. The molecule has 0 saturated carbocycles. The van der Waals surface area contributed by atoms with Gasteiger partial charge in [0, 0.05) is 44.8 Å². The Bertz CT molecular complexity index is 705. The lowest BCUT2D eigenvalue weighted by molar-refractivity contribution is -0.135. The third kappa shape index (κ3) is 3.83. The largest absolute Gasteiger partial charge is 0.352 e. The molecule has 0 aromatic carbocycles. The number of anilines is 1. The molecule has 134 valence electrons. The summed E-state index contributed by atoms with van der Waals surface area (Å²) in [6.45, 7) is 9.14. The van der Waals surface area contributed by atoms with Gasteiger partial charge < -0.3 is 14.4 Å². The van der Waals surface area contributed by atoms with E-state index in [1.807, 2.05) is 47.8 Å². The molecule has 1 atom stereocenters. The molecule has 0 radical (unpaired) electrons. The van der Waals surface area contributed by atoms with Gasteiger partial charge in [0.2, 0.25) is 5.91 Å². The molecule has 1 aliphatic heterocycles. The normalized spacial score (nSPS) is 16.1.